The van der Waals surface area contributed by atoms with Crippen LogP contribution in [0.5, 0.6) is 0 Å². The van der Waals surface area contributed by atoms with Crippen molar-refractivity contribution < 1.29 is 18.5 Å². The van der Waals surface area contributed by atoms with Gasteiger partial charge in [0.2, 0.25) is 5.91 Å². The minimum Gasteiger partial charge on any atom is -0.466 e. The van der Waals surface area contributed by atoms with Crippen LogP contribution in [0, 0.1) is 26.7 Å². The number of nitrogens with one attached hydrogen (secondary N) is 1. The predicted molar refractivity (Wildman–Crippen MR) is 86.7 cm³/mol. The topological polar surface area (TPSA) is 88.6 Å². The van der Waals surface area contributed by atoms with Crippen molar-refractivity contribution in [3.05, 3.63) is 35.0 Å². The van der Waals surface area contributed by atoms with Crippen LogP contribution in [-0.2, 0) is 4.79 Å². The molecule has 1 aliphatic rings. The number of nitrogens with zero attached hydrogens (tertiary/aromatic N) is 2. The molecular weight excluding hydrogens is 310 g/mol. The van der Waals surface area contributed by atoms with Crippen LogP contribution in [0.3, 0.4) is 0 Å². The Labute approximate surface area is 140 Å². The Balaban J connectivity index is 1.56. The number of likely N-dealkylation sites (tertiary alicyclic amines) is 1. The van der Waals surface area contributed by atoms with Gasteiger partial charge in [-0.2, -0.15) is 0 Å². The van der Waals surface area contributed by atoms with Gasteiger partial charge in [0.25, 0.3) is 5.91 Å². The van der Waals surface area contributed by atoms with E-state index in [1.54, 1.807) is 30.9 Å². The lowest BCUT2D eigenvalue weighted by Gasteiger charge is -2.31. The highest BCUT2D eigenvalue weighted by Gasteiger charge is 2.29. The zero-order valence-corrected chi connectivity index (χ0v) is 14.1. The number of carbonyl (C=O) groups excluding carboxylic acids is 2. The molecule has 3 heterocycles. The number of aryl methyl sites for hydroxylation is 3. The van der Waals surface area contributed by atoms with Crippen molar-refractivity contribution in [3.63, 3.8) is 0 Å². The van der Waals surface area contributed by atoms with Gasteiger partial charge in [-0.25, -0.2) is 0 Å². The van der Waals surface area contributed by atoms with Gasteiger partial charge in [-0.3, -0.25) is 9.59 Å². The van der Waals surface area contributed by atoms with E-state index in [4.69, 9.17) is 8.94 Å². The summed E-state index contributed by atoms with van der Waals surface area (Å²) in [5, 5.41) is 6.52. The fraction of sp³-hybridized carbons (Fsp3) is 0.471. The molecule has 2 aromatic rings. The maximum Gasteiger partial charge on any atom is 0.257 e. The number of anilines is 1. The van der Waals surface area contributed by atoms with E-state index in [9.17, 15) is 9.59 Å². The number of hydrogen-bond donors (Lipinski definition) is 1. The highest BCUT2D eigenvalue weighted by molar-refractivity contribution is 5.96. The van der Waals surface area contributed by atoms with Gasteiger partial charge >= 0.3 is 0 Å². The maximum absolute atomic E-state index is 12.5. The summed E-state index contributed by atoms with van der Waals surface area (Å²) in [5.74, 6) is 2.21. The van der Waals surface area contributed by atoms with Gasteiger partial charge in [0.15, 0.2) is 5.82 Å². The van der Waals surface area contributed by atoms with Crippen LogP contribution < -0.4 is 5.32 Å². The van der Waals surface area contributed by atoms with E-state index in [0.29, 0.717) is 48.8 Å². The van der Waals surface area contributed by atoms with E-state index >= 15 is 0 Å². The SMILES string of the molecule is Cc1cc(NC(=O)C2CCN(C(=O)c3cc(C)oc3C)CC2)no1. The summed E-state index contributed by atoms with van der Waals surface area (Å²) >= 11 is 0. The third kappa shape index (κ3) is 3.34. The Morgan fingerprint density at radius 1 is 1.17 bits per heavy atom. The number of rotatable bonds is 3. The molecule has 1 aliphatic heterocycles. The Kier molecular flexibility index (Phi) is 4.42. The largest absolute Gasteiger partial charge is 0.466 e. The van der Waals surface area contributed by atoms with Crippen molar-refractivity contribution in [3.8, 4) is 0 Å². The lowest BCUT2D eigenvalue weighted by molar-refractivity contribution is -0.121. The van der Waals surface area contributed by atoms with Gasteiger partial charge in [-0.05, 0) is 39.7 Å². The number of hydrogen-bond acceptors (Lipinski definition) is 5. The summed E-state index contributed by atoms with van der Waals surface area (Å²) in [6, 6.07) is 3.45. The summed E-state index contributed by atoms with van der Waals surface area (Å²) in [4.78, 5) is 26.6. The molecule has 0 aromatic carbocycles. The monoisotopic (exact) mass is 331 g/mol. The van der Waals surface area contributed by atoms with Gasteiger partial charge < -0.3 is 19.2 Å². The predicted octanol–water partition coefficient (Wildman–Crippen LogP) is 2.68. The van der Waals surface area contributed by atoms with Crippen molar-refractivity contribution in [2.45, 2.75) is 33.6 Å². The molecule has 0 spiro atoms. The Morgan fingerprint density at radius 2 is 1.88 bits per heavy atom. The standard InChI is InChI=1S/C17H21N3O4/c1-10-8-14(12(3)23-10)17(22)20-6-4-13(5-7-20)16(21)18-15-9-11(2)24-19-15/h8-9,13H,4-7H2,1-3H3,(H,18,19,21). The molecule has 0 atom stereocenters. The lowest BCUT2D eigenvalue weighted by Crippen LogP contribution is -2.41. The van der Waals surface area contributed by atoms with Crippen molar-refractivity contribution >= 4 is 17.6 Å². The summed E-state index contributed by atoms with van der Waals surface area (Å²) in [7, 11) is 0. The molecule has 1 N–H and O–H groups in total. The van der Waals surface area contributed by atoms with E-state index in [2.05, 4.69) is 10.5 Å². The second-order valence-electron chi connectivity index (χ2n) is 6.21. The molecule has 0 radical (unpaired) electrons. The molecule has 0 aliphatic carbocycles. The molecule has 0 saturated carbocycles. The van der Waals surface area contributed by atoms with Crippen LogP contribution in [0.15, 0.2) is 21.1 Å². The Hall–Kier alpha value is -2.57. The van der Waals surface area contributed by atoms with Crippen molar-refractivity contribution in [2.24, 2.45) is 5.92 Å². The number of aromatic nitrogens is 1. The molecule has 0 bridgehead atoms. The van der Waals surface area contributed by atoms with Gasteiger partial charge in [-0.15, -0.1) is 0 Å². The second kappa shape index (κ2) is 6.51. The average molecular weight is 331 g/mol. The maximum atomic E-state index is 12.5. The summed E-state index contributed by atoms with van der Waals surface area (Å²) in [5.41, 5.74) is 0.605. The first kappa shape index (κ1) is 16.3. The molecule has 7 heteroatoms. The molecule has 1 fully saturated rings. The number of amides is 2. The van der Waals surface area contributed by atoms with Crippen LogP contribution in [0.25, 0.3) is 0 Å². The summed E-state index contributed by atoms with van der Waals surface area (Å²) in [6.07, 6.45) is 1.26. The van der Waals surface area contributed by atoms with Crippen molar-refractivity contribution in [2.75, 3.05) is 18.4 Å². The Bertz CT molecular complexity index is 754. The average Bonchev–Trinajstić information content (AvgIpc) is 3.11. The van der Waals surface area contributed by atoms with Crippen LogP contribution >= 0.6 is 0 Å². The van der Waals surface area contributed by atoms with Crippen LogP contribution in [0.2, 0.25) is 0 Å². The smallest absolute Gasteiger partial charge is 0.257 e. The van der Waals surface area contributed by atoms with Gasteiger partial charge in [0.05, 0.1) is 5.56 Å². The molecule has 24 heavy (non-hydrogen) atoms. The molecule has 2 amide bonds. The van der Waals surface area contributed by atoms with E-state index in [0.717, 1.165) is 5.76 Å². The van der Waals surface area contributed by atoms with E-state index in [1.165, 1.54) is 0 Å². The molecular formula is C17H21N3O4. The van der Waals surface area contributed by atoms with Gasteiger partial charge in [0, 0.05) is 25.1 Å². The van der Waals surface area contributed by atoms with Crippen LogP contribution in [-0.4, -0.2) is 35.0 Å². The van der Waals surface area contributed by atoms with E-state index in [-0.39, 0.29) is 17.7 Å². The third-order valence-corrected chi connectivity index (χ3v) is 4.30. The normalized spacial score (nSPS) is 15.5. The fourth-order valence-electron chi connectivity index (χ4n) is 3.01. The number of furan rings is 1. The van der Waals surface area contributed by atoms with Crippen molar-refractivity contribution in [1.29, 1.82) is 0 Å². The molecule has 128 valence electrons. The van der Waals surface area contributed by atoms with Crippen molar-refractivity contribution in [1.82, 2.24) is 10.1 Å². The Morgan fingerprint density at radius 3 is 2.42 bits per heavy atom. The zero-order chi connectivity index (χ0) is 17.3. The highest BCUT2D eigenvalue weighted by atomic mass is 16.5. The molecule has 3 rings (SSSR count). The minimum atomic E-state index is -0.127. The first-order valence-electron chi connectivity index (χ1n) is 8.04. The van der Waals surface area contributed by atoms with Crippen LogP contribution in [0.4, 0.5) is 5.82 Å². The third-order valence-electron chi connectivity index (χ3n) is 4.30. The van der Waals surface area contributed by atoms with Crippen LogP contribution in [0.1, 0.15) is 40.5 Å². The first-order valence-corrected chi connectivity index (χ1v) is 8.04. The number of piperidine rings is 1. The first-order chi connectivity index (χ1) is 11.4. The molecule has 0 unspecified atom stereocenters. The quantitative estimate of drug-likeness (QED) is 0.934. The lowest BCUT2D eigenvalue weighted by atomic mass is 9.95. The van der Waals surface area contributed by atoms with Gasteiger partial charge in [0.1, 0.15) is 17.3 Å². The second-order valence-corrected chi connectivity index (χ2v) is 6.21. The molecule has 1 saturated heterocycles. The van der Waals surface area contributed by atoms with E-state index < -0.39 is 0 Å². The van der Waals surface area contributed by atoms with Gasteiger partial charge in [-0.1, -0.05) is 5.16 Å². The molecule has 7 nitrogen and oxygen atoms in total. The zero-order valence-electron chi connectivity index (χ0n) is 14.1. The van der Waals surface area contributed by atoms with E-state index in [1.807, 2.05) is 6.92 Å². The highest BCUT2D eigenvalue weighted by Crippen LogP contribution is 2.23. The summed E-state index contributed by atoms with van der Waals surface area (Å²) in [6.45, 7) is 6.50. The minimum absolute atomic E-state index is 0.0321. The fourth-order valence-corrected chi connectivity index (χ4v) is 3.01. The summed E-state index contributed by atoms with van der Waals surface area (Å²) < 4.78 is 10.4. The molecule has 2 aromatic heterocycles. The number of carbonyl (C=O) groups is 2.